The number of hydrogen-bond donors (Lipinski definition) is 1. The Morgan fingerprint density at radius 2 is 1.52 bits per heavy atom. The molecule has 0 amide bonds. The van der Waals surface area contributed by atoms with Gasteiger partial charge in [-0.1, -0.05) is 89.8 Å². The van der Waals surface area contributed by atoms with Crippen molar-refractivity contribution < 1.29 is 0 Å². The minimum Gasteiger partial charge on any atom is -0.338 e. The lowest BCUT2D eigenvalue weighted by atomic mass is 9.90. The predicted molar refractivity (Wildman–Crippen MR) is 148 cm³/mol. The summed E-state index contributed by atoms with van der Waals surface area (Å²) in [7, 11) is 0. The molecule has 1 N–H and O–H groups in total. The van der Waals surface area contributed by atoms with E-state index >= 15 is 0 Å². The van der Waals surface area contributed by atoms with E-state index in [9.17, 15) is 0 Å². The van der Waals surface area contributed by atoms with Gasteiger partial charge in [0.2, 0.25) is 0 Å². The normalized spacial score (nSPS) is 11.5. The molecule has 0 saturated heterocycles. The van der Waals surface area contributed by atoms with Crippen LogP contribution in [0.2, 0.25) is 0 Å². The van der Waals surface area contributed by atoms with E-state index < -0.39 is 0 Å². The molecular weight excluding hydrogens is 402 g/mol. The van der Waals surface area contributed by atoms with E-state index in [1.165, 1.54) is 47.9 Å². The number of para-hydroxylation sites is 1. The van der Waals surface area contributed by atoms with E-state index in [0.717, 1.165) is 35.6 Å². The van der Waals surface area contributed by atoms with Gasteiger partial charge >= 0.3 is 0 Å². The van der Waals surface area contributed by atoms with Crippen LogP contribution in [-0.2, 0) is 0 Å². The standard InChI is InChI=1S/C28H37N3.C2H6/c1-6-11-22(12-7-2)25(13-8-3)30-27-21(5)24-14-9-10-15-26(24)31-28(27)29-23-18-16-20(4)17-19-23;1-2/h9-10,14-19,22H,6-8,11-13H2,1-5H3,(H,29,31);1-2H3. The second kappa shape index (κ2) is 13.8. The van der Waals surface area contributed by atoms with E-state index in [4.69, 9.17) is 9.98 Å². The number of pyridine rings is 1. The maximum Gasteiger partial charge on any atom is 0.157 e. The Bertz CT molecular complexity index is 1010. The Balaban J connectivity index is 0.00000187. The van der Waals surface area contributed by atoms with Crippen molar-refractivity contribution in [2.45, 2.75) is 87.0 Å². The number of fused-ring (bicyclic) bond motifs is 1. The van der Waals surface area contributed by atoms with Crippen molar-refractivity contribution in [3.8, 4) is 0 Å². The first kappa shape index (κ1) is 26.6. The van der Waals surface area contributed by atoms with E-state index in [-0.39, 0.29) is 0 Å². The van der Waals surface area contributed by atoms with Gasteiger partial charge in [0.15, 0.2) is 5.82 Å². The maximum absolute atomic E-state index is 5.34. The lowest BCUT2D eigenvalue weighted by Crippen LogP contribution is -2.14. The number of nitrogens with one attached hydrogen (secondary N) is 1. The van der Waals surface area contributed by atoms with Crippen LogP contribution in [0.5, 0.6) is 0 Å². The van der Waals surface area contributed by atoms with Gasteiger partial charge in [0.25, 0.3) is 0 Å². The largest absolute Gasteiger partial charge is 0.338 e. The molecule has 0 aliphatic heterocycles. The molecular formula is C30H43N3. The molecule has 0 aliphatic carbocycles. The Morgan fingerprint density at radius 1 is 0.879 bits per heavy atom. The smallest absolute Gasteiger partial charge is 0.157 e. The molecule has 1 aromatic heterocycles. The predicted octanol–water partition coefficient (Wildman–Crippen LogP) is 9.71. The molecule has 0 atom stereocenters. The molecule has 0 saturated carbocycles. The number of aromatic nitrogens is 1. The summed E-state index contributed by atoms with van der Waals surface area (Å²) in [6.45, 7) is 15.1. The first-order chi connectivity index (χ1) is 16.1. The molecule has 3 heteroatoms. The SMILES string of the molecule is CC.CCCC(=Nc1c(Nc2ccc(C)cc2)nc2ccccc2c1C)C(CCC)CCC. The first-order valence-corrected chi connectivity index (χ1v) is 12.9. The van der Waals surface area contributed by atoms with Crippen molar-refractivity contribution in [1.82, 2.24) is 4.98 Å². The Morgan fingerprint density at radius 3 is 2.12 bits per heavy atom. The second-order valence-corrected chi connectivity index (χ2v) is 8.57. The fourth-order valence-electron chi connectivity index (χ4n) is 4.29. The highest BCUT2D eigenvalue weighted by molar-refractivity contribution is 5.96. The quantitative estimate of drug-likeness (QED) is 0.315. The number of aliphatic imine (C=N–C) groups is 1. The van der Waals surface area contributed by atoms with Gasteiger partial charge in [0, 0.05) is 16.8 Å². The van der Waals surface area contributed by atoms with Crippen LogP contribution in [0.15, 0.2) is 53.5 Å². The van der Waals surface area contributed by atoms with Gasteiger partial charge in [0.1, 0.15) is 5.69 Å². The Kier molecular flexibility index (Phi) is 11.1. The van der Waals surface area contributed by atoms with Gasteiger partial charge in [-0.25, -0.2) is 4.98 Å². The molecule has 2 aromatic carbocycles. The van der Waals surface area contributed by atoms with Crippen LogP contribution in [0, 0.1) is 19.8 Å². The summed E-state index contributed by atoms with van der Waals surface area (Å²) in [4.78, 5) is 10.3. The van der Waals surface area contributed by atoms with E-state index in [0.29, 0.717) is 5.92 Å². The molecule has 3 aromatic rings. The molecule has 0 fully saturated rings. The van der Waals surface area contributed by atoms with Crippen LogP contribution in [0.1, 0.15) is 84.3 Å². The third-order valence-electron chi connectivity index (χ3n) is 5.94. The Hall–Kier alpha value is -2.68. The number of aryl methyl sites for hydroxylation is 2. The molecule has 178 valence electrons. The van der Waals surface area contributed by atoms with E-state index in [1.807, 2.05) is 13.8 Å². The van der Waals surface area contributed by atoms with E-state index in [1.54, 1.807) is 0 Å². The van der Waals surface area contributed by atoms with Gasteiger partial charge in [-0.05, 0) is 62.8 Å². The van der Waals surface area contributed by atoms with Gasteiger partial charge < -0.3 is 5.32 Å². The molecule has 0 radical (unpaired) electrons. The first-order valence-electron chi connectivity index (χ1n) is 12.9. The molecule has 0 unspecified atom stereocenters. The number of nitrogens with zero attached hydrogens (tertiary/aromatic N) is 2. The number of anilines is 2. The number of rotatable bonds is 10. The fraction of sp³-hybridized carbons (Fsp3) is 0.467. The summed E-state index contributed by atoms with van der Waals surface area (Å²) < 4.78 is 0. The average Bonchev–Trinajstić information content (AvgIpc) is 2.83. The molecule has 3 rings (SSSR count). The van der Waals surface area contributed by atoms with Gasteiger partial charge in [-0.2, -0.15) is 0 Å². The zero-order chi connectivity index (χ0) is 24.2. The molecule has 3 nitrogen and oxygen atoms in total. The molecule has 0 spiro atoms. The van der Waals surface area contributed by atoms with Crippen molar-refractivity contribution in [2.24, 2.45) is 10.9 Å². The monoisotopic (exact) mass is 445 g/mol. The maximum atomic E-state index is 5.34. The minimum absolute atomic E-state index is 0.549. The van der Waals surface area contributed by atoms with Gasteiger partial charge in [0.05, 0.1) is 5.52 Å². The lowest BCUT2D eigenvalue weighted by molar-refractivity contribution is 0.549. The highest BCUT2D eigenvalue weighted by Gasteiger charge is 2.18. The van der Waals surface area contributed by atoms with Crippen molar-refractivity contribution >= 4 is 33.8 Å². The van der Waals surface area contributed by atoms with Crippen molar-refractivity contribution in [3.63, 3.8) is 0 Å². The lowest BCUT2D eigenvalue weighted by Gasteiger charge is -2.20. The fourth-order valence-corrected chi connectivity index (χ4v) is 4.29. The van der Waals surface area contributed by atoms with Crippen LogP contribution < -0.4 is 5.32 Å². The summed E-state index contributed by atoms with van der Waals surface area (Å²) in [5.41, 5.74) is 6.81. The summed E-state index contributed by atoms with van der Waals surface area (Å²) in [5, 5.41) is 4.74. The minimum atomic E-state index is 0.549. The van der Waals surface area contributed by atoms with E-state index in [2.05, 4.69) is 88.5 Å². The zero-order valence-corrected chi connectivity index (χ0v) is 21.8. The topological polar surface area (TPSA) is 37.3 Å². The molecule has 1 heterocycles. The third-order valence-corrected chi connectivity index (χ3v) is 5.94. The van der Waals surface area contributed by atoms with Crippen LogP contribution in [0.4, 0.5) is 17.2 Å². The second-order valence-electron chi connectivity index (χ2n) is 8.57. The zero-order valence-electron chi connectivity index (χ0n) is 21.8. The number of hydrogen-bond acceptors (Lipinski definition) is 3. The molecule has 0 bridgehead atoms. The van der Waals surface area contributed by atoms with Crippen LogP contribution >= 0.6 is 0 Å². The Labute approximate surface area is 201 Å². The summed E-state index contributed by atoms with van der Waals surface area (Å²) in [6, 6.07) is 16.8. The summed E-state index contributed by atoms with van der Waals surface area (Å²) >= 11 is 0. The highest BCUT2D eigenvalue weighted by atomic mass is 15.0. The highest BCUT2D eigenvalue weighted by Crippen LogP contribution is 2.36. The van der Waals surface area contributed by atoms with Crippen LogP contribution in [0.3, 0.4) is 0 Å². The summed E-state index contributed by atoms with van der Waals surface area (Å²) in [6.07, 6.45) is 6.94. The average molecular weight is 446 g/mol. The van der Waals surface area contributed by atoms with Gasteiger partial charge in [-0.15, -0.1) is 0 Å². The van der Waals surface area contributed by atoms with Crippen LogP contribution in [-0.4, -0.2) is 10.7 Å². The van der Waals surface area contributed by atoms with Crippen molar-refractivity contribution in [1.29, 1.82) is 0 Å². The van der Waals surface area contributed by atoms with Crippen molar-refractivity contribution in [3.05, 3.63) is 59.7 Å². The molecule has 0 aliphatic rings. The third kappa shape index (κ3) is 7.15. The van der Waals surface area contributed by atoms with Crippen LogP contribution in [0.25, 0.3) is 10.9 Å². The number of benzene rings is 2. The molecule has 33 heavy (non-hydrogen) atoms. The summed E-state index contributed by atoms with van der Waals surface area (Å²) in [5.74, 6) is 1.40. The van der Waals surface area contributed by atoms with Gasteiger partial charge in [-0.3, -0.25) is 4.99 Å². The van der Waals surface area contributed by atoms with Crippen molar-refractivity contribution in [2.75, 3.05) is 5.32 Å².